The Morgan fingerprint density at radius 3 is 2.75 bits per heavy atom. The summed E-state index contributed by atoms with van der Waals surface area (Å²) in [5.74, 6) is -0.148. The maximum atomic E-state index is 12.5. The van der Waals surface area contributed by atoms with Crippen LogP contribution in [-0.4, -0.2) is 15.5 Å². The lowest BCUT2D eigenvalue weighted by Gasteiger charge is -2.13. The number of hydrogen-bond donors (Lipinski definition) is 1. The monoisotopic (exact) mass is 391 g/mol. The standard InChI is InChI=1S/C22H21N3O2S/c1-13-7-8-17-18(11-13)28-22(23-17)24-19(26)9-10-25-20(27)12-15(3)16-6-4-5-14(2)21(16)25/h4-8,11-12H,9-10H2,1-3H3,(H,23,24,26). The Morgan fingerprint density at radius 1 is 1.11 bits per heavy atom. The van der Waals surface area contributed by atoms with E-state index in [9.17, 15) is 9.59 Å². The Kier molecular flexibility index (Phi) is 4.73. The van der Waals surface area contributed by atoms with Crippen molar-refractivity contribution in [3.8, 4) is 0 Å². The highest BCUT2D eigenvalue weighted by Crippen LogP contribution is 2.27. The highest BCUT2D eigenvalue weighted by molar-refractivity contribution is 7.22. The van der Waals surface area contributed by atoms with Crippen molar-refractivity contribution in [2.45, 2.75) is 33.7 Å². The summed E-state index contributed by atoms with van der Waals surface area (Å²) in [6.45, 7) is 6.29. The smallest absolute Gasteiger partial charge is 0.251 e. The van der Waals surface area contributed by atoms with Gasteiger partial charge in [-0.05, 0) is 49.6 Å². The van der Waals surface area contributed by atoms with Gasteiger partial charge in [-0.1, -0.05) is 35.6 Å². The third-order valence-electron chi connectivity index (χ3n) is 4.89. The van der Waals surface area contributed by atoms with Crippen molar-refractivity contribution in [3.63, 3.8) is 0 Å². The predicted octanol–water partition coefficient (Wildman–Crippen LogP) is 4.57. The number of anilines is 1. The lowest BCUT2D eigenvalue weighted by Crippen LogP contribution is -2.24. The van der Waals surface area contributed by atoms with Crippen molar-refractivity contribution in [1.82, 2.24) is 9.55 Å². The van der Waals surface area contributed by atoms with Gasteiger partial charge in [0.2, 0.25) is 5.91 Å². The van der Waals surface area contributed by atoms with E-state index in [-0.39, 0.29) is 17.9 Å². The van der Waals surface area contributed by atoms with E-state index in [2.05, 4.69) is 16.4 Å². The number of pyridine rings is 1. The molecular formula is C22H21N3O2S. The minimum Gasteiger partial charge on any atom is -0.307 e. The van der Waals surface area contributed by atoms with Crippen molar-refractivity contribution in [2.75, 3.05) is 5.32 Å². The van der Waals surface area contributed by atoms with Crippen molar-refractivity contribution in [1.29, 1.82) is 0 Å². The molecule has 5 nitrogen and oxygen atoms in total. The van der Waals surface area contributed by atoms with Crippen LogP contribution in [0.15, 0.2) is 47.3 Å². The molecule has 0 fully saturated rings. The van der Waals surface area contributed by atoms with Gasteiger partial charge in [-0.15, -0.1) is 0 Å². The fourth-order valence-corrected chi connectivity index (χ4v) is 4.47. The van der Waals surface area contributed by atoms with E-state index in [0.29, 0.717) is 11.7 Å². The first-order valence-electron chi connectivity index (χ1n) is 9.19. The molecule has 0 bridgehead atoms. The Bertz CT molecular complexity index is 1270. The molecular weight excluding hydrogens is 370 g/mol. The third kappa shape index (κ3) is 3.43. The lowest BCUT2D eigenvalue weighted by atomic mass is 10.1. The average Bonchev–Trinajstić information content (AvgIpc) is 3.03. The lowest BCUT2D eigenvalue weighted by molar-refractivity contribution is -0.116. The fourth-order valence-electron chi connectivity index (χ4n) is 3.49. The molecule has 2 aromatic heterocycles. The zero-order valence-corrected chi connectivity index (χ0v) is 16.9. The van der Waals surface area contributed by atoms with Crippen molar-refractivity contribution in [2.24, 2.45) is 0 Å². The van der Waals surface area contributed by atoms with Crippen molar-refractivity contribution >= 4 is 43.5 Å². The van der Waals surface area contributed by atoms with Crippen LogP contribution in [0.3, 0.4) is 0 Å². The molecule has 0 saturated heterocycles. The van der Waals surface area contributed by atoms with Gasteiger partial charge < -0.3 is 9.88 Å². The van der Waals surface area contributed by atoms with Gasteiger partial charge >= 0.3 is 0 Å². The van der Waals surface area contributed by atoms with E-state index in [1.165, 1.54) is 11.3 Å². The minimum absolute atomic E-state index is 0.0810. The molecule has 2 heterocycles. The van der Waals surface area contributed by atoms with Gasteiger partial charge in [0.15, 0.2) is 5.13 Å². The van der Waals surface area contributed by atoms with E-state index in [0.717, 1.165) is 37.8 Å². The summed E-state index contributed by atoms with van der Waals surface area (Å²) in [6, 6.07) is 13.6. The SMILES string of the molecule is Cc1ccc2nc(NC(=O)CCn3c(=O)cc(C)c4cccc(C)c43)sc2c1. The molecule has 6 heteroatoms. The molecule has 142 valence electrons. The Morgan fingerprint density at radius 2 is 1.93 bits per heavy atom. The number of benzene rings is 2. The van der Waals surface area contributed by atoms with E-state index in [1.807, 2.05) is 51.1 Å². The van der Waals surface area contributed by atoms with Crippen molar-refractivity contribution in [3.05, 3.63) is 69.5 Å². The quantitative estimate of drug-likeness (QED) is 0.554. The number of carbonyl (C=O) groups is 1. The molecule has 0 aliphatic rings. The first kappa shape index (κ1) is 18.4. The second-order valence-corrected chi connectivity index (χ2v) is 8.11. The largest absolute Gasteiger partial charge is 0.307 e. The Labute approximate surface area is 166 Å². The Hall–Kier alpha value is -2.99. The molecule has 0 atom stereocenters. The van der Waals surface area contributed by atoms with Gasteiger partial charge in [-0.25, -0.2) is 4.98 Å². The number of para-hydroxylation sites is 1. The number of amides is 1. The number of thiazole rings is 1. The summed E-state index contributed by atoms with van der Waals surface area (Å²) in [6.07, 6.45) is 0.210. The van der Waals surface area contributed by atoms with E-state index >= 15 is 0 Å². The van der Waals surface area contributed by atoms with Crippen molar-refractivity contribution < 1.29 is 4.79 Å². The molecule has 0 aliphatic carbocycles. The highest BCUT2D eigenvalue weighted by atomic mass is 32.1. The molecule has 4 aromatic rings. The summed E-state index contributed by atoms with van der Waals surface area (Å²) in [7, 11) is 0. The summed E-state index contributed by atoms with van der Waals surface area (Å²) in [5.41, 5.74) is 4.84. The number of aryl methyl sites for hydroxylation is 4. The van der Waals surface area contributed by atoms with Gasteiger partial charge in [0.05, 0.1) is 15.7 Å². The summed E-state index contributed by atoms with van der Waals surface area (Å²) in [4.78, 5) is 29.5. The third-order valence-corrected chi connectivity index (χ3v) is 5.82. The van der Waals surface area contributed by atoms with Crippen LogP contribution in [0.5, 0.6) is 0 Å². The molecule has 1 N–H and O–H groups in total. The van der Waals surface area contributed by atoms with E-state index in [1.54, 1.807) is 10.6 Å². The van der Waals surface area contributed by atoms with Gasteiger partial charge in [-0.3, -0.25) is 9.59 Å². The van der Waals surface area contributed by atoms with Crippen LogP contribution in [0.1, 0.15) is 23.1 Å². The van der Waals surface area contributed by atoms with Crippen LogP contribution in [0, 0.1) is 20.8 Å². The van der Waals surface area contributed by atoms with Crippen LogP contribution in [0.2, 0.25) is 0 Å². The molecule has 0 spiro atoms. The molecule has 4 rings (SSSR count). The normalized spacial score (nSPS) is 11.2. The second-order valence-electron chi connectivity index (χ2n) is 7.08. The summed E-state index contributed by atoms with van der Waals surface area (Å²) in [5, 5.41) is 4.50. The van der Waals surface area contributed by atoms with Crippen LogP contribution in [-0.2, 0) is 11.3 Å². The molecule has 0 saturated carbocycles. The van der Waals surface area contributed by atoms with Crippen LogP contribution < -0.4 is 10.9 Å². The maximum absolute atomic E-state index is 12.5. The van der Waals surface area contributed by atoms with Gasteiger partial charge in [-0.2, -0.15) is 0 Å². The number of nitrogens with one attached hydrogen (secondary N) is 1. The fraction of sp³-hybridized carbons (Fsp3) is 0.227. The summed E-state index contributed by atoms with van der Waals surface area (Å²) >= 11 is 1.46. The van der Waals surface area contributed by atoms with Crippen LogP contribution >= 0.6 is 11.3 Å². The molecule has 2 aromatic carbocycles. The number of hydrogen-bond acceptors (Lipinski definition) is 4. The minimum atomic E-state index is -0.148. The molecule has 0 aliphatic heterocycles. The number of aromatic nitrogens is 2. The predicted molar refractivity (Wildman–Crippen MR) is 115 cm³/mol. The molecule has 1 amide bonds. The molecule has 28 heavy (non-hydrogen) atoms. The number of rotatable bonds is 4. The second kappa shape index (κ2) is 7.20. The maximum Gasteiger partial charge on any atom is 0.251 e. The topological polar surface area (TPSA) is 64.0 Å². The first-order chi connectivity index (χ1) is 13.4. The van der Waals surface area contributed by atoms with E-state index in [4.69, 9.17) is 0 Å². The Balaban J connectivity index is 1.55. The van der Waals surface area contributed by atoms with Gasteiger partial charge in [0.25, 0.3) is 5.56 Å². The van der Waals surface area contributed by atoms with Gasteiger partial charge in [0.1, 0.15) is 0 Å². The number of fused-ring (bicyclic) bond motifs is 2. The highest BCUT2D eigenvalue weighted by Gasteiger charge is 2.12. The number of nitrogens with zero attached hydrogens (tertiary/aromatic N) is 2. The molecule has 0 radical (unpaired) electrons. The van der Waals surface area contributed by atoms with Crippen LogP contribution in [0.25, 0.3) is 21.1 Å². The molecule has 0 unspecified atom stereocenters. The average molecular weight is 391 g/mol. The number of carbonyl (C=O) groups excluding carboxylic acids is 1. The zero-order chi connectivity index (χ0) is 19.8. The first-order valence-corrected chi connectivity index (χ1v) is 10.0. The summed E-state index contributed by atoms with van der Waals surface area (Å²) < 4.78 is 2.74. The zero-order valence-electron chi connectivity index (χ0n) is 16.1. The van der Waals surface area contributed by atoms with Gasteiger partial charge in [0, 0.05) is 24.4 Å². The van der Waals surface area contributed by atoms with Crippen LogP contribution in [0.4, 0.5) is 5.13 Å². The van der Waals surface area contributed by atoms with E-state index < -0.39 is 0 Å².